The highest BCUT2D eigenvalue weighted by atomic mass is 16.5. The number of furan rings is 1. The van der Waals surface area contributed by atoms with E-state index in [1.165, 1.54) is 18.6 Å². The molecule has 4 heteroatoms. The zero-order chi connectivity index (χ0) is 10.4. The van der Waals surface area contributed by atoms with Crippen LogP contribution in [0.5, 0.6) is 0 Å². The third kappa shape index (κ3) is 2.90. The van der Waals surface area contributed by atoms with Crippen LogP contribution in [0.1, 0.15) is 12.5 Å². The second-order valence-electron chi connectivity index (χ2n) is 2.47. The third-order valence-corrected chi connectivity index (χ3v) is 1.45. The summed E-state index contributed by atoms with van der Waals surface area (Å²) in [6.07, 6.45) is 5.59. The molecule has 0 aliphatic carbocycles. The summed E-state index contributed by atoms with van der Waals surface area (Å²) in [6.45, 7) is 1.84. The molecule has 0 N–H and O–H groups in total. The summed E-state index contributed by atoms with van der Waals surface area (Å²) in [5.74, 6) is -1.51. The van der Waals surface area contributed by atoms with Gasteiger partial charge in [-0.05, 0) is 25.1 Å². The van der Waals surface area contributed by atoms with E-state index in [9.17, 15) is 9.59 Å². The fraction of sp³-hybridized carbons (Fsp3) is 0.200. The molecule has 1 aromatic rings. The monoisotopic (exact) mass is 194 g/mol. The van der Waals surface area contributed by atoms with E-state index in [-0.39, 0.29) is 6.61 Å². The lowest BCUT2D eigenvalue weighted by atomic mass is 10.2. The average molecular weight is 194 g/mol. The Morgan fingerprint density at radius 3 is 2.93 bits per heavy atom. The molecule has 0 amide bonds. The van der Waals surface area contributed by atoms with Crippen LogP contribution in [-0.2, 0) is 14.3 Å². The Bertz CT molecular complexity index is 335. The van der Waals surface area contributed by atoms with Gasteiger partial charge in [-0.15, -0.1) is 0 Å². The third-order valence-electron chi connectivity index (χ3n) is 1.45. The van der Waals surface area contributed by atoms with Crippen LogP contribution >= 0.6 is 0 Å². The predicted molar refractivity (Wildman–Crippen MR) is 49.4 cm³/mol. The van der Waals surface area contributed by atoms with E-state index < -0.39 is 11.8 Å². The molecule has 0 unspecified atom stereocenters. The molecule has 4 nitrogen and oxygen atoms in total. The smallest absolute Gasteiger partial charge is 0.379 e. The Morgan fingerprint density at radius 2 is 2.36 bits per heavy atom. The molecule has 1 heterocycles. The van der Waals surface area contributed by atoms with E-state index >= 15 is 0 Å². The highest BCUT2D eigenvalue weighted by Gasteiger charge is 2.09. The molecule has 74 valence electrons. The van der Waals surface area contributed by atoms with Crippen molar-refractivity contribution in [3.63, 3.8) is 0 Å². The highest BCUT2D eigenvalue weighted by molar-refractivity contribution is 6.39. The van der Waals surface area contributed by atoms with Crippen LogP contribution in [0.25, 0.3) is 6.08 Å². The van der Waals surface area contributed by atoms with E-state index in [1.54, 1.807) is 13.0 Å². The van der Waals surface area contributed by atoms with Gasteiger partial charge in [0, 0.05) is 5.56 Å². The van der Waals surface area contributed by atoms with Gasteiger partial charge in [-0.2, -0.15) is 0 Å². The Kier molecular flexibility index (Phi) is 3.67. The summed E-state index contributed by atoms with van der Waals surface area (Å²) >= 11 is 0. The van der Waals surface area contributed by atoms with Gasteiger partial charge in [-0.1, -0.05) is 0 Å². The van der Waals surface area contributed by atoms with Crippen LogP contribution in [-0.4, -0.2) is 18.4 Å². The molecule has 14 heavy (non-hydrogen) atoms. The number of carbonyl (C=O) groups is 2. The first-order valence-electron chi connectivity index (χ1n) is 4.15. The number of rotatable bonds is 4. The SMILES string of the molecule is CCOC(=O)C(=O)/C=C/c1ccoc1. The van der Waals surface area contributed by atoms with Crippen LogP contribution in [0.3, 0.4) is 0 Å². The fourth-order valence-electron chi connectivity index (χ4n) is 0.812. The molecular weight excluding hydrogens is 184 g/mol. The molecule has 0 aliphatic heterocycles. The quantitative estimate of drug-likeness (QED) is 0.413. The van der Waals surface area contributed by atoms with Crippen molar-refractivity contribution in [3.05, 3.63) is 30.2 Å². The summed E-state index contributed by atoms with van der Waals surface area (Å²) in [5, 5.41) is 0. The standard InChI is InChI=1S/C10H10O4/c1-2-14-10(12)9(11)4-3-8-5-6-13-7-8/h3-7H,2H2,1H3/b4-3+. The second kappa shape index (κ2) is 5.01. The first-order valence-corrected chi connectivity index (χ1v) is 4.15. The van der Waals surface area contributed by atoms with Crippen LogP contribution in [0, 0.1) is 0 Å². The molecule has 0 atom stereocenters. The van der Waals surface area contributed by atoms with Gasteiger partial charge in [0.05, 0.1) is 19.1 Å². The average Bonchev–Trinajstić information content (AvgIpc) is 2.67. The number of hydrogen-bond donors (Lipinski definition) is 0. The lowest BCUT2D eigenvalue weighted by molar-refractivity contribution is -0.151. The number of ketones is 1. The number of ether oxygens (including phenoxy) is 1. The summed E-state index contributed by atoms with van der Waals surface area (Å²) in [7, 11) is 0. The van der Waals surface area contributed by atoms with E-state index in [2.05, 4.69) is 4.74 Å². The molecule has 0 saturated heterocycles. The van der Waals surface area contributed by atoms with Crippen molar-refractivity contribution in [3.8, 4) is 0 Å². The molecule has 0 radical (unpaired) electrons. The minimum atomic E-state index is -0.841. The number of hydrogen-bond acceptors (Lipinski definition) is 4. The summed E-state index contributed by atoms with van der Waals surface area (Å²) in [4.78, 5) is 21.9. The van der Waals surface area contributed by atoms with E-state index in [4.69, 9.17) is 4.42 Å². The predicted octanol–water partition coefficient (Wildman–Crippen LogP) is 1.43. The van der Waals surface area contributed by atoms with Gasteiger partial charge in [0.25, 0.3) is 5.78 Å². The molecular formula is C10H10O4. The Morgan fingerprint density at radius 1 is 1.57 bits per heavy atom. The molecule has 0 aliphatic rings. The van der Waals surface area contributed by atoms with Crippen LogP contribution < -0.4 is 0 Å². The molecule has 1 rings (SSSR count). The molecule has 0 saturated carbocycles. The van der Waals surface area contributed by atoms with Gasteiger partial charge in [0.15, 0.2) is 0 Å². The lowest BCUT2D eigenvalue weighted by Gasteiger charge is -1.94. The molecule has 1 aromatic heterocycles. The van der Waals surface area contributed by atoms with Crippen molar-refractivity contribution in [1.29, 1.82) is 0 Å². The van der Waals surface area contributed by atoms with Gasteiger partial charge in [-0.3, -0.25) is 4.79 Å². The van der Waals surface area contributed by atoms with Crippen molar-refractivity contribution in [2.75, 3.05) is 6.61 Å². The highest BCUT2D eigenvalue weighted by Crippen LogP contribution is 2.02. The van der Waals surface area contributed by atoms with Gasteiger partial charge >= 0.3 is 5.97 Å². The van der Waals surface area contributed by atoms with Crippen molar-refractivity contribution < 1.29 is 18.7 Å². The second-order valence-corrected chi connectivity index (χ2v) is 2.47. The van der Waals surface area contributed by atoms with Gasteiger partial charge in [-0.25, -0.2) is 4.79 Å². The van der Waals surface area contributed by atoms with E-state index in [1.807, 2.05) is 0 Å². The fourth-order valence-corrected chi connectivity index (χ4v) is 0.812. The van der Waals surface area contributed by atoms with Crippen LogP contribution in [0.4, 0.5) is 0 Å². The first kappa shape index (κ1) is 10.2. The summed E-state index contributed by atoms with van der Waals surface area (Å²) < 4.78 is 9.29. The van der Waals surface area contributed by atoms with Crippen LogP contribution in [0.15, 0.2) is 29.1 Å². The maximum atomic E-state index is 11.0. The molecule has 0 fully saturated rings. The minimum absolute atomic E-state index is 0.199. The van der Waals surface area contributed by atoms with Crippen molar-refractivity contribution in [2.45, 2.75) is 6.92 Å². The van der Waals surface area contributed by atoms with Crippen LogP contribution in [0.2, 0.25) is 0 Å². The van der Waals surface area contributed by atoms with Gasteiger partial charge in [0.1, 0.15) is 0 Å². The Hall–Kier alpha value is -1.84. The zero-order valence-electron chi connectivity index (χ0n) is 7.73. The van der Waals surface area contributed by atoms with E-state index in [0.29, 0.717) is 0 Å². The summed E-state index contributed by atoms with van der Waals surface area (Å²) in [5.41, 5.74) is 0.725. The first-order chi connectivity index (χ1) is 6.74. The molecule has 0 spiro atoms. The maximum absolute atomic E-state index is 11.0. The van der Waals surface area contributed by atoms with Crippen molar-refractivity contribution in [1.82, 2.24) is 0 Å². The maximum Gasteiger partial charge on any atom is 0.379 e. The number of esters is 1. The van der Waals surface area contributed by atoms with Gasteiger partial charge in [0.2, 0.25) is 0 Å². The largest absolute Gasteiger partial charge is 0.472 e. The molecule has 0 aromatic carbocycles. The number of carbonyl (C=O) groups excluding carboxylic acids is 2. The minimum Gasteiger partial charge on any atom is -0.472 e. The van der Waals surface area contributed by atoms with Crippen molar-refractivity contribution >= 4 is 17.8 Å². The molecule has 0 bridgehead atoms. The topological polar surface area (TPSA) is 56.5 Å². The summed E-state index contributed by atoms with van der Waals surface area (Å²) in [6, 6.07) is 1.68. The van der Waals surface area contributed by atoms with Crippen molar-refractivity contribution in [2.24, 2.45) is 0 Å². The zero-order valence-corrected chi connectivity index (χ0v) is 7.73. The van der Waals surface area contributed by atoms with E-state index in [0.717, 1.165) is 11.6 Å². The van der Waals surface area contributed by atoms with Gasteiger partial charge < -0.3 is 9.15 Å². The lowest BCUT2D eigenvalue weighted by Crippen LogP contribution is -2.14. The Balaban J connectivity index is 2.52. The Labute approximate surface area is 81.2 Å². The normalized spacial score (nSPS) is 10.4.